The van der Waals surface area contributed by atoms with Gasteiger partial charge in [0.25, 0.3) is 0 Å². The second-order valence-electron chi connectivity index (χ2n) is 6.45. The summed E-state index contributed by atoms with van der Waals surface area (Å²) in [5.41, 5.74) is 0.470. The van der Waals surface area contributed by atoms with Gasteiger partial charge in [-0.3, -0.25) is 4.90 Å². The molecule has 19 heavy (non-hydrogen) atoms. The van der Waals surface area contributed by atoms with Gasteiger partial charge in [-0.25, -0.2) is 0 Å². The lowest BCUT2D eigenvalue weighted by Gasteiger charge is -2.46. The topological polar surface area (TPSA) is 24.5 Å². The molecule has 0 aromatic carbocycles. The molecule has 1 spiro atoms. The van der Waals surface area contributed by atoms with Gasteiger partial charge in [0.05, 0.1) is 0 Å². The Hall–Kier alpha value is -0.120. The van der Waals surface area contributed by atoms with Crippen molar-refractivity contribution >= 4 is 0 Å². The molecule has 0 amide bonds. The third-order valence-corrected chi connectivity index (χ3v) is 5.06. The zero-order valence-corrected chi connectivity index (χ0v) is 12.9. The first-order valence-electron chi connectivity index (χ1n) is 8.28. The molecule has 0 aromatic rings. The molecule has 1 heterocycles. The van der Waals surface area contributed by atoms with Crippen molar-refractivity contribution in [1.29, 1.82) is 0 Å². The molecule has 2 rings (SSSR count). The highest BCUT2D eigenvalue weighted by molar-refractivity contribution is 5.00. The van der Waals surface area contributed by atoms with Gasteiger partial charge in [-0.05, 0) is 45.1 Å². The molecule has 0 bridgehead atoms. The van der Waals surface area contributed by atoms with Crippen molar-refractivity contribution in [3.63, 3.8) is 0 Å². The van der Waals surface area contributed by atoms with Crippen molar-refractivity contribution in [2.24, 2.45) is 0 Å². The molecule has 1 aliphatic carbocycles. The van der Waals surface area contributed by atoms with Gasteiger partial charge in [-0.2, -0.15) is 0 Å². The number of rotatable bonds is 7. The van der Waals surface area contributed by atoms with E-state index in [9.17, 15) is 0 Å². The van der Waals surface area contributed by atoms with Crippen LogP contribution < -0.4 is 5.32 Å². The number of nitrogens with zero attached hydrogens (tertiary/aromatic N) is 1. The van der Waals surface area contributed by atoms with Crippen LogP contribution in [0.2, 0.25) is 0 Å². The number of hydrogen-bond donors (Lipinski definition) is 1. The molecule has 3 nitrogen and oxygen atoms in total. The molecule has 1 aliphatic heterocycles. The van der Waals surface area contributed by atoms with Crippen LogP contribution in [0.25, 0.3) is 0 Å². The summed E-state index contributed by atoms with van der Waals surface area (Å²) in [7, 11) is 1.80. The molecule has 1 unspecified atom stereocenters. The van der Waals surface area contributed by atoms with Gasteiger partial charge in [0, 0.05) is 38.4 Å². The van der Waals surface area contributed by atoms with Crippen LogP contribution in [-0.4, -0.2) is 49.8 Å². The minimum atomic E-state index is 0.470. The van der Waals surface area contributed by atoms with Crippen LogP contribution in [0.15, 0.2) is 0 Å². The summed E-state index contributed by atoms with van der Waals surface area (Å²) in [4.78, 5) is 2.77. The maximum Gasteiger partial charge on any atom is 0.0462 e. The summed E-state index contributed by atoms with van der Waals surface area (Å²) in [6.45, 7) is 7.02. The molecule has 1 saturated carbocycles. The fourth-order valence-electron chi connectivity index (χ4n) is 3.83. The first kappa shape index (κ1) is 15.3. The average molecular weight is 268 g/mol. The largest absolute Gasteiger partial charge is 0.385 e. The Morgan fingerprint density at radius 1 is 1.21 bits per heavy atom. The predicted octanol–water partition coefficient (Wildman–Crippen LogP) is 2.80. The highest BCUT2D eigenvalue weighted by Crippen LogP contribution is 2.33. The van der Waals surface area contributed by atoms with Crippen molar-refractivity contribution in [2.75, 3.05) is 33.4 Å². The van der Waals surface area contributed by atoms with Gasteiger partial charge >= 0.3 is 0 Å². The number of ether oxygens (including phenoxy) is 1. The number of hydrogen-bond acceptors (Lipinski definition) is 3. The first-order valence-corrected chi connectivity index (χ1v) is 8.28. The second kappa shape index (κ2) is 7.61. The Balaban J connectivity index is 1.77. The van der Waals surface area contributed by atoms with E-state index >= 15 is 0 Å². The summed E-state index contributed by atoms with van der Waals surface area (Å²) in [6, 6.07) is 0.758. The SMILES string of the molecule is CCC1CNC2(CCCC2)CN1CCCCCOC. The molecular formula is C16H32N2O. The third-order valence-electron chi connectivity index (χ3n) is 5.06. The van der Waals surface area contributed by atoms with Crippen LogP contribution in [0.5, 0.6) is 0 Å². The zero-order valence-electron chi connectivity index (χ0n) is 12.9. The van der Waals surface area contributed by atoms with Crippen molar-refractivity contribution < 1.29 is 4.74 Å². The third kappa shape index (κ3) is 4.17. The van der Waals surface area contributed by atoms with Gasteiger partial charge in [0.15, 0.2) is 0 Å². The van der Waals surface area contributed by atoms with E-state index < -0.39 is 0 Å². The van der Waals surface area contributed by atoms with E-state index in [2.05, 4.69) is 17.1 Å². The molecule has 0 radical (unpaired) electrons. The minimum absolute atomic E-state index is 0.470. The van der Waals surface area contributed by atoms with Crippen LogP contribution in [0.3, 0.4) is 0 Å². The first-order chi connectivity index (χ1) is 9.29. The summed E-state index contributed by atoms with van der Waals surface area (Å²) < 4.78 is 5.13. The monoisotopic (exact) mass is 268 g/mol. The van der Waals surface area contributed by atoms with E-state index in [0.717, 1.165) is 12.6 Å². The molecular weight excluding hydrogens is 236 g/mol. The van der Waals surface area contributed by atoms with E-state index in [1.165, 1.54) is 71.0 Å². The molecule has 3 heteroatoms. The maximum atomic E-state index is 5.13. The second-order valence-corrected chi connectivity index (χ2v) is 6.45. The van der Waals surface area contributed by atoms with E-state index in [0.29, 0.717) is 5.54 Å². The zero-order chi connectivity index (χ0) is 13.6. The highest BCUT2D eigenvalue weighted by atomic mass is 16.5. The van der Waals surface area contributed by atoms with Crippen LogP contribution in [0.1, 0.15) is 58.3 Å². The molecule has 0 aromatic heterocycles. The molecule has 2 fully saturated rings. The summed E-state index contributed by atoms with van der Waals surface area (Å²) in [6.07, 6.45) is 10.8. The van der Waals surface area contributed by atoms with Crippen LogP contribution in [0, 0.1) is 0 Å². The Morgan fingerprint density at radius 2 is 2.00 bits per heavy atom. The standard InChI is InChI=1S/C16H32N2O/c1-3-15-13-17-16(9-5-6-10-16)14-18(15)11-7-4-8-12-19-2/h15,17H,3-14H2,1-2H3. The van der Waals surface area contributed by atoms with Crippen molar-refractivity contribution in [3.8, 4) is 0 Å². The Morgan fingerprint density at radius 3 is 2.68 bits per heavy atom. The van der Waals surface area contributed by atoms with Gasteiger partial charge in [0.2, 0.25) is 0 Å². The smallest absolute Gasteiger partial charge is 0.0462 e. The Kier molecular flexibility index (Phi) is 6.11. The number of methoxy groups -OCH3 is 1. The fraction of sp³-hybridized carbons (Fsp3) is 1.00. The van der Waals surface area contributed by atoms with Crippen molar-refractivity contribution in [1.82, 2.24) is 10.2 Å². The summed E-state index contributed by atoms with van der Waals surface area (Å²) in [5.74, 6) is 0. The van der Waals surface area contributed by atoms with E-state index in [-0.39, 0.29) is 0 Å². The molecule has 2 aliphatic rings. The minimum Gasteiger partial charge on any atom is -0.385 e. The summed E-state index contributed by atoms with van der Waals surface area (Å²) >= 11 is 0. The quantitative estimate of drug-likeness (QED) is 0.719. The maximum absolute atomic E-state index is 5.13. The number of unbranched alkanes of at least 4 members (excludes halogenated alkanes) is 2. The summed E-state index contributed by atoms with van der Waals surface area (Å²) in [5, 5.41) is 3.87. The van der Waals surface area contributed by atoms with E-state index in [1.807, 2.05) is 0 Å². The average Bonchev–Trinajstić information content (AvgIpc) is 2.87. The lowest BCUT2D eigenvalue weighted by atomic mass is 9.91. The van der Waals surface area contributed by atoms with Gasteiger partial charge in [-0.1, -0.05) is 19.8 Å². The van der Waals surface area contributed by atoms with E-state index in [1.54, 1.807) is 7.11 Å². The van der Waals surface area contributed by atoms with Crippen molar-refractivity contribution in [2.45, 2.75) is 69.9 Å². The number of nitrogens with one attached hydrogen (secondary N) is 1. The van der Waals surface area contributed by atoms with Crippen LogP contribution in [0.4, 0.5) is 0 Å². The normalized spacial score (nSPS) is 27.2. The fourth-order valence-corrected chi connectivity index (χ4v) is 3.83. The van der Waals surface area contributed by atoms with E-state index in [4.69, 9.17) is 4.74 Å². The molecule has 1 atom stereocenters. The molecule has 1 saturated heterocycles. The Labute approximate surface area is 119 Å². The number of piperazine rings is 1. The lowest BCUT2D eigenvalue weighted by molar-refractivity contribution is 0.0759. The van der Waals surface area contributed by atoms with Crippen LogP contribution in [-0.2, 0) is 4.74 Å². The molecule has 1 N–H and O–H groups in total. The highest BCUT2D eigenvalue weighted by Gasteiger charge is 2.40. The Bertz CT molecular complexity index is 251. The van der Waals surface area contributed by atoms with Crippen LogP contribution >= 0.6 is 0 Å². The van der Waals surface area contributed by atoms with Gasteiger partial charge < -0.3 is 10.1 Å². The van der Waals surface area contributed by atoms with Gasteiger partial charge in [-0.15, -0.1) is 0 Å². The molecule has 112 valence electrons. The van der Waals surface area contributed by atoms with Gasteiger partial charge in [0.1, 0.15) is 0 Å². The predicted molar refractivity (Wildman–Crippen MR) is 80.6 cm³/mol. The van der Waals surface area contributed by atoms with Crippen molar-refractivity contribution in [3.05, 3.63) is 0 Å². The lowest BCUT2D eigenvalue weighted by Crippen LogP contribution is -2.63.